The lowest BCUT2D eigenvalue weighted by Crippen LogP contribution is -2.10. The fourth-order valence-corrected chi connectivity index (χ4v) is 4.25. The number of hydrogen-bond donors (Lipinski definition) is 2. The zero-order valence-corrected chi connectivity index (χ0v) is 20.0. The number of rotatable bonds is 5. The summed E-state index contributed by atoms with van der Waals surface area (Å²) in [5.41, 5.74) is 12.8. The number of aliphatic hydroxyl groups is 1. The average Bonchev–Trinajstić information content (AvgIpc) is 3.40. The highest BCUT2D eigenvalue weighted by Gasteiger charge is 2.25. The van der Waals surface area contributed by atoms with Gasteiger partial charge < -0.3 is 10.8 Å². The van der Waals surface area contributed by atoms with Crippen molar-refractivity contribution in [3.05, 3.63) is 65.6 Å². The second-order valence-corrected chi connectivity index (χ2v) is 9.02. The van der Waals surface area contributed by atoms with Gasteiger partial charge in [0.2, 0.25) is 5.91 Å². The van der Waals surface area contributed by atoms with Gasteiger partial charge in [0, 0.05) is 47.2 Å². The number of amides is 1. The number of fused-ring (bicyclic) bond motifs is 2. The van der Waals surface area contributed by atoms with Gasteiger partial charge in [-0.3, -0.25) is 19.4 Å². The highest BCUT2D eigenvalue weighted by molar-refractivity contribution is 6.03. The predicted octanol–water partition coefficient (Wildman–Crippen LogP) is 4.54. The maximum atomic E-state index is 11.7. The molecular weight excluding hydrogens is 426 g/mol. The Labute approximate surface area is 199 Å². The van der Waals surface area contributed by atoms with Crippen molar-refractivity contribution in [2.45, 2.75) is 46.6 Å². The van der Waals surface area contributed by atoms with Crippen LogP contribution in [0.4, 0.5) is 0 Å². The van der Waals surface area contributed by atoms with E-state index in [0.717, 1.165) is 64.9 Å². The highest BCUT2D eigenvalue weighted by Crippen LogP contribution is 2.39. The predicted molar refractivity (Wildman–Crippen MR) is 134 cm³/mol. The van der Waals surface area contributed by atoms with Crippen LogP contribution in [0.15, 0.2) is 48.7 Å². The van der Waals surface area contributed by atoms with Gasteiger partial charge in [-0.2, -0.15) is 5.10 Å². The molecule has 1 aliphatic heterocycles. The second kappa shape index (κ2) is 10.1. The number of aromatic nitrogens is 4. The van der Waals surface area contributed by atoms with Gasteiger partial charge >= 0.3 is 0 Å². The molecule has 5 rings (SSSR count). The Kier molecular flexibility index (Phi) is 7.03. The topological polar surface area (TPSA) is 107 Å². The lowest BCUT2D eigenvalue weighted by atomic mass is 9.95. The number of aliphatic hydroxyl groups excluding tert-OH is 1. The van der Waals surface area contributed by atoms with Gasteiger partial charge in [0.1, 0.15) is 5.69 Å². The molecule has 0 aliphatic carbocycles. The zero-order chi connectivity index (χ0) is 24.2. The first-order valence-electron chi connectivity index (χ1n) is 11.7. The molecule has 7 nitrogen and oxygen atoms in total. The van der Waals surface area contributed by atoms with Crippen LogP contribution in [0.5, 0.6) is 0 Å². The van der Waals surface area contributed by atoms with E-state index in [4.69, 9.17) is 20.9 Å². The van der Waals surface area contributed by atoms with Gasteiger partial charge in [0.05, 0.1) is 11.2 Å². The summed E-state index contributed by atoms with van der Waals surface area (Å²) in [7, 11) is 0. The van der Waals surface area contributed by atoms with Crippen molar-refractivity contribution in [2.24, 2.45) is 11.7 Å². The fourth-order valence-electron chi connectivity index (χ4n) is 4.25. The summed E-state index contributed by atoms with van der Waals surface area (Å²) in [6.07, 6.45) is 4.77. The molecule has 1 aliphatic rings. The van der Waals surface area contributed by atoms with Crippen LogP contribution in [0.3, 0.4) is 0 Å². The first-order chi connectivity index (χ1) is 16.4. The third-order valence-corrected chi connectivity index (χ3v) is 5.97. The summed E-state index contributed by atoms with van der Waals surface area (Å²) in [4.78, 5) is 20.9. The number of hydrogen-bond acceptors (Lipinski definition) is 5. The first-order valence-corrected chi connectivity index (χ1v) is 11.7. The minimum absolute atomic E-state index is 0.331. The molecule has 0 unspecified atom stereocenters. The van der Waals surface area contributed by atoms with Crippen molar-refractivity contribution < 1.29 is 9.90 Å². The SMILES string of the molecule is CC(C)CCO.Cc1cccc(-c2nn3c(c2-c2ccnc4ccc(C(N)=O)cc24)CCC3)n1. The Bertz CT molecular complexity index is 1330. The maximum Gasteiger partial charge on any atom is 0.248 e. The molecule has 0 spiro atoms. The number of benzene rings is 1. The minimum Gasteiger partial charge on any atom is -0.396 e. The largest absolute Gasteiger partial charge is 0.396 e. The minimum atomic E-state index is -0.447. The molecule has 0 radical (unpaired) electrons. The number of aryl methyl sites for hydroxylation is 2. The van der Waals surface area contributed by atoms with Crippen LogP contribution in [-0.4, -0.2) is 37.4 Å². The van der Waals surface area contributed by atoms with Gasteiger partial charge in [-0.15, -0.1) is 0 Å². The molecule has 0 atom stereocenters. The zero-order valence-electron chi connectivity index (χ0n) is 20.0. The third-order valence-electron chi connectivity index (χ3n) is 5.97. The summed E-state index contributed by atoms with van der Waals surface area (Å²) in [5, 5.41) is 14.0. The highest BCUT2D eigenvalue weighted by atomic mass is 16.3. The number of pyridine rings is 2. The summed E-state index contributed by atoms with van der Waals surface area (Å²) in [5.74, 6) is 0.201. The molecule has 0 fully saturated rings. The summed E-state index contributed by atoms with van der Waals surface area (Å²) in [6.45, 7) is 7.40. The molecule has 4 heterocycles. The smallest absolute Gasteiger partial charge is 0.248 e. The van der Waals surface area contributed by atoms with Gasteiger partial charge in [0.25, 0.3) is 0 Å². The van der Waals surface area contributed by atoms with Crippen LogP contribution in [0.25, 0.3) is 33.4 Å². The van der Waals surface area contributed by atoms with Gasteiger partial charge in [-0.05, 0) is 74.1 Å². The lowest BCUT2D eigenvalue weighted by Gasteiger charge is -2.10. The number of nitrogens with two attached hydrogens (primary N) is 1. The Morgan fingerprint density at radius 2 is 2.03 bits per heavy atom. The van der Waals surface area contributed by atoms with Crippen LogP contribution in [0, 0.1) is 12.8 Å². The van der Waals surface area contributed by atoms with Crippen molar-refractivity contribution in [1.82, 2.24) is 19.7 Å². The van der Waals surface area contributed by atoms with Crippen LogP contribution in [-0.2, 0) is 13.0 Å². The monoisotopic (exact) mass is 457 g/mol. The van der Waals surface area contributed by atoms with Crippen LogP contribution >= 0.6 is 0 Å². The van der Waals surface area contributed by atoms with Crippen LogP contribution in [0.2, 0.25) is 0 Å². The van der Waals surface area contributed by atoms with E-state index in [0.29, 0.717) is 18.1 Å². The van der Waals surface area contributed by atoms with Crippen molar-refractivity contribution in [3.8, 4) is 22.5 Å². The second-order valence-electron chi connectivity index (χ2n) is 9.02. The number of nitrogens with zero attached hydrogens (tertiary/aromatic N) is 4. The Balaban J connectivity index is 0.000000408. The summed E-state index contributed by atoms with van der Waals surface area (Å²) in [6, 6.07) is 13.3. The molecule has 7 heteroatoms. The quantitative estimate of drug-likeness (QED) is 0.458. The number of primary amides is 1. The molecule has 0 saturated heterocycles. The Morgan fingerprint density at radius 1 is 1.21 bits per heavy atom. The molecule has 176 valence electrons. The summed E-state index contributed by atoms with van der Waals surface area (Å²) < 4.78 is 2.08. The average molecular weight is 458 g/mol. The van der Waals surface area contributed by atoms with E-state index in [1.165, 1.54) is 5.69 Å². The Hall–Kier alpha value is -3.58. The lowest BCUT2D eigenvalue weighted by molar-refractivity contribution is 0.100. The van der Waals surface area contributed by atoms with Crippen molar-refractivity contribution in [2.75, 3.05) is 6.61 Å². The van der Waals surface area contributed by atoms with Gasteiger partial charge in [-0.25, -0.2) is 0 Å². The molecular formula is C27H31N5O2. The van der Waals surface area contributed by atoms with Crippen LogP contribution in [0.1, 0.15) is 48.4 Å². The molecule has 1 aromatic carbocycles. The first kappa shape index (κ1) is 23.6. The molecule has 1 amide bonds. The molecule has 0 bridgehead atoms. The van der Waals surface area contributed by atoms with Crippen LogP contribution < -0.4 is 5.73 Å². The van der Waals surface area contributed by atoms with E-state index >= 15 is 0 Å². The number of carbonyl (C=O) groups excluding carboxylic acids is 1. The number of carbonyl (C=O) groups is 1. The third kappa shape index (κ3) is 4.84. The fraction of sp³-hybridized carbons (Fsp3) is 0.333. The normalized spacial score (nSPS) is 12.5. The van der Waals surface area contributed by atoms with E-state index in [-0.39, 0.29) is 0 Å². The van der Waals surface area contributed by atoms with Crippen molar-refractivity contribution in [1.29, 1.82) is 0 Å². The van der Waals surface area contributed by atoms with E-state index in [9.17, 15) is 4.79 Å². The standard InChI is InChI=1S/C22H19N5O.C5H12O/c1-13-4-2-5-18(25-13)21-20(19-6-3-11-27(19)26-21)15-9-10-24-17-8-7-14(22(23)28)12-16(15)17;1-5(2)3-4-6/h2,4-5,7-10,12H,3,6,11H2,1H3,(H2,23,28);5-6H,3-4H2,1-2H3. The van der Waals surface area contributed by atoms with E-state index in [1.807, 2.05) is 43.3 Å². The molecule has 3 aromatic heterocycles. The molecule has 34 heavy (non-hydrogen) atoms. The molecule has 3 N–H and O–H groups in total. The Morgan fingerprint density at radius 3 is 2.71 bits per heavy atom. The van der Waals surface area contributed by atoms with E-state index < -0.39 is 5.91 Å². The molecule has 0 saturated carbocycles. The maximum absolute atomic E-state index is 11.7. The van der Waals surface area contributed by atoms with Crippen molar-refractivity contribution >= 4 is 16.8 Å². The van der Waals surface area contributed by atoms with E-state index in [2.05, 4.69) is 23.5 Å². The van der Waals surface area contributed by atoms with Crippen molar-refractivity contribution in [3.63, 3.8) is 0 Å². The molecule has 4 aromatic rings. The summed E-state index contributed by atoms with van der Waals surface area (Å²) >= 11 is 0. The van der Waals surface area contributed by atoms with Gasteiger partial charge in [0.15, 0.2) is 0 Å². The van der Waals surface area contributed by atoms with E-state index in [1.54, 1.807) is 12.3 Å². The van der Waals surface area contributed by atoms with Gasteiger partial charge in [-0.1, -0.05) is 19.9 Å².